The molecule has 1 amide bonds. The fourth-order valence-electron chi connectivity index (χ4n) is 2.38. The molecule has 6 nitrogen and oxygen atoms in total. The normalized spacial score (nSPS) is 22.8. The molecule has 1 aromatic rings. The first-order chi connectivity index (χ1) is 9.19. The minimum atomic E-state index is -0.181. The summed E-state index contributed by atoms with van der Waals surface area (Å²) in [6.07, 6.45) is 5.04. The summed E-state index contributed by atoms with van der Waals surface area (Å²) in [6.45, 7) is 2.50. The van der Waals surface area contributed by atoms with Gasteiger partial charge in [0, 0.05) is 18.0 Å². The van der Waals surface area contributed by atoms with E-state index < -0.39 is 0 Å². The number of rotatable bonds is 5. The van der Waals surface area contributed by atoms with E-state index in [-0.39, 0.29) is 11.8 Å². The molecule has 3 N–H and O–H groups in total. The molecule has 2 rings (SSSR count). The summed E-state index contributed by atoms with van der Waals surface area (Å²) in [4.78, 5) is 19.3. The highest BCUT2D eigenvalue weighted by atomic mass is 16.5. The van der Waals surface area contributed by atoms with Gasteiger partial charge in [0.15, 0.2) is 0 Å². The third-order valence-corrected chi connectivity index (χ3v) is 3.42. The molecule has 0 atom stereocenters. The minimum Gasteiger partial charge on any atom is -0.478 e. The van der Waals surface area contributed by atoms with E-state index >= 15 is 0 Å². The van der Waals surface area contributed by atoms with Crippen molar-refractivity contribution in [2.24, 2.45) is 11.7 Å². The van der Waals surface area contributed by atoms with Crippen LogP contribution >= 0.6 is 0 Å². The first-order valence-electron chi connectivity index (χ1n) is 6.69. The number of carbonyl (C=O) groups excluding carboxylic acids is 1. The van der Waals surface area contributed by atoms with Gasteiger partial charge in [-0.3, -0.25) is 4.79 Å². The second-order valence-electron chi connectivity index (χ2n) is 4.77. The molecule has 1 fully saturated rings. The molecule has 104 valence electrons. The van der Waals surface area contributed by atoms with Crippen molar-refractivity contribution in [3.63, 3.8) is 0 Å². The Kier molecular flexibility index (Phi) is 4.54. The third kappa shape index (κ3) is 3.81. The Morgan fingerprint density at radius 1 is 1.42 bits per heavy atom. The third-order valence-electron chi connectivity index (χ3n) is 3.42. The maximum Gasteiger partial charge on any atom is 0.220 e. The molecule has 0 spiro atoms. The molecule has 1 aliphatic rings. The van der Waals surface area contributed by atoms with Gasteiger partial charge in [-0.25, -0.2) is 9.97 Å². The summed E-state index contributed by atoms with van der Waals surface area (Å²) in [5, 5.41) is 3.36. The number of nitrogens with one attached hydrogen (secondary N) is 1. The summed E-state index contributed by atoms with van der Waals surface area (Å²) < 4.78 is 5.33. The van der Waals surface area contributed by atoms with Gasteiger partial charge in [0.25, 0.3) is 0 Å². The Bertz CT molecular complexity index is 430. The largest absolute Gasteiger partial charge is 0.478 e. The maximum absolute atomic E-state index is 11.1. The monoisotopic (exact) mass is 264 g/mol. The van der Waals surface area contributed by atoms with E-state index in [1.165, 1.54) is 6.33 Å². The van der Waals surface area contributed by atoms with Gasteiger partial charge < -0.3 is 15.8 Å². The first-order valence-corrected chi connectivity index (χ1v) is 6.69. The van der Waals surface area contributed by atoms with Crippen molar-refractivity contribution in [3.8, 4) is 5.88 Å². The average Bonchev–Trinajstić information content (AvgIpc) is 2.40. The highest BCUT2D eigenvalue weighted by molar-refractivity contribution is 5.76. The van der Waals surface area contributed by atoms with E-state index in [2.05, 4.69) is 15.3 Å². The predicted molar refractivity (Wildman–Crippen MR) is 71.8 cm³/mol. The number of hydrogen-bond donors (Lipinski definition) is 2. The Morgan fingerprint density at radius 2 is 2.16 bits per heavy atom. The van der Waals surface area contributed by atoms with Gasteiger partial charge in [0.2, 0.25) is 11.8 Å². The Labute approximate surface area is 112 Å². The van der Waals surface area contributed by atoms with E-state index in [1.54, 1.807) is 6.07 Å². The van der Waals surface area contributed by atoms with Crippen molar-refractivity contribution in [3.05, 3.63) is 12.4 Å². The van der Waals surface area contributed by atoms with Crippen LogP contribution in [0.1, 0.15) is 32.6 Å². The first kappa shape index (κ1) is 13.6. The fourth-order valence-corrected chi connectivity index (χ4v) is 2.38. The molecule has 0 bridgehead atoms. The van der Waals surface area contributed by atoms with Gasteiger partial charge >= 0.3 is 0 Å². The molecule has 19 heavy (non-hydrogen) atoms. The zero-order chi connectivity index (χ0) is 13.7. The van der Waals surface area contributed by atoms with Crippen LogP contribution in [0.2, 0.25) is 0 Å². The number of hydrogen-bond acceptors (Lipinski definition) is 5. The summed E-state index contributed by atoms with van der Waals surface area (Å²) in [6, 6.07) is 2.13. The van der Waals surface area contributed by atoms with E-state index in [4.69, 9.17) is 10.5 Å². The molecule has 1 aliphatic carbocycles. The van der Waals surface area contributed by atoms with Gasteiger partial charge in [-0.15, -0.1) is 0 Å². The zero-order valence-corrected chi connectivity index (χ0v) is 11.1. The van der Waals surface area contributed by atoms with Crippen LogP contribution in [0.15, 0.2) is 12.4 Å². The molecule has 1 aromatic heterocycles. The van der Waals surface area contributed by atoms with E-state index in [9.17, 15) is 4.79 Å². The zero-order valence-electron chi connectivity index (χ0n) is 11.1. The van der Waals surface area contributed by atoms with Crippen LogP contribution < -0.4 is 15.8 Å². The number of nitrogens with two attached hydrogens (primary N) is 1. The smallest absolute Gasteiger partial charge is 0.220 e. The number of primary amides is 1. The van der Waals surface area contributed by atoms with Crippen molar-refractivity contribution in [1.82, 2.24) is 9.97 Å². The number of aromatic nitrogens is 2. The molecular weight excluding hydrogens is 244 g/mol. The molecule has 6 heteroatoms. The Hall–Kier alpha value is -1.85. The summed E-state index contributed by atoms with van der Waals surface area (Å²) in [5.41, 5.74) is 5.32. The van der Waals surface area contributed by atoms with Crippen molar-refractivity contribution in [2.75, 3.05) is 11.9 Å². The standard InChI is InChI=1S/C13H20N4O2/c1-2-19-12-7-11(15-8-16-12)17-10-5-3-9(4-6-10)13(14)18/h7-10H,2-6H2,1H3,(H2,14,18)(H,15,16,17). The second kappa shape index (κ2) is 6.36. The van der Waals surface area contributed by atoms with E-state index in [1.807, 2.05) is 6.92 Å². The molecule has 0 radical (unpaired) electrons. The number of amides is 1. The number of carbonyl (C=O) groups is 1. The lowest BCUT2D eigenvalue weighted by Gasteiger charge is -2.27. The highest BCUT2D eigenvalue weighted by Crippen LogP contribution is 2.26. The molecule has 0 saturated heterocycles. The molecule has 0 aliphatic heterocycles. The van der Waals surface area contributed by atoms with E-state index in [0.29, 0.717) is 18.5 Å². The molecule has 1 saturated carbocycles. The quantitative estimate of drug-likeness (QED) is 0.837. The summed E-state index contributed by atoms with van der Waals surface area (Å²) in [5.74, 6) is 1.19. The van der Waals surface area contributed by atoms with Gasteiger partial charge in [-0.1, -0.05) is 0 Å². The van der Waals surface area contributed by atoms with Gasteiger partial charge in [0.1, 0.15) is 12.1 Å². The summed E-state index contributed by atoms with van der Waals surface area (Å²) >= 11 is 0. The lowest BCUT2D eigenvalue weighted by molar-refractivity contribution is -0.122. The lowest BCUT2D eigenvalue weighted by atomic mass is 9.85. The Morgan fingerprint density at radius 3 is 2.79 bits per heavy atom. The maximum atomic E-state index is 11.1. The fraction of sp³-hybridized carbons (Fsp3) is 0.615. The van der Waals surface area contributed by atoms with Crippen molar-refractivity contribution in [2.45, 2.75) is 38.6 Å². The predicted octanol–water partition coefficient (Wildman–Crippen LogP) is 1.33. The molecule has 0 aromatic carbocycles. The Balaban J connectivity index is 1.88. The van der Waals surface area contributed by atoms with Crippen molar-refractivity contribution >= 4 is 11.7 Å². The number of nitrogens with zero attached hydrogens (tertiary/aromatic N) is 2. The molecule has 1 heterocycles. The topological polar surface area (TPSA) is 90.1 Å². The second-order valence-corrected chi connectivity index (χ2v) is 4.77. The van der Waals surface area contributed by atoms with Crippen LogP contribution in [0, 0.1) is 5.92 Å². The van der Waals surface area contributed by atoms with E-state index in [0.717, 1.165) is 31.5 Å². The van der Waals surface area contributed by atoms with Gasteiger partial charge in [-0.2, -0.15) is 0 Å². The minimum absolute atomic E-state index is 0.0300. The average molecular weight is 264 g/mol. The highest BCUT2D eigenvalue weighted by Gasteiger charge is 2.24. The van der Waals surface area contributed by atoms with Crippen molar-refractivity contribution < 1.29 is 9.53 Å². The summed E-state index contributed by atoms with van der Waals surface area (Å²) in [7, 11) is 0. The van der Waals surface area contributed by atoms with Crippen LogP contribution in [0.3, 0.4) is 0 Å². The van der Waals surface area contributed by atoms with Crippen LogP contribution in [0.5, 0.6) is 5.88 Å². The van der Waals surface area contributed by atoms with Gasteiger partial charge in [-0.05, 0) is 32.6 Å². The van der Waals surface area contributed by atoms with Crippen LogP contribution in [-0.2, 0) is 4.79 Å². The van der Waals surface area contributed by atoms with Crippen LogP contribution in [0.25, 0.3) is 0 Å². The van der Waals surface area contributed by atoms with Gasteiger partial charge in [0.05, 0.1) is 6.61 Å². The number of ether oxygens (including phenoxy) is 1. The molecule has 0 unspecified atom stereocenters. The van der Waals surface area contributed by atoms with Crippen LogP contribution in [-0.4, -0.2) is 28.5 Å². The SMILES string of the molecule is CCOc1cc(NC2CCC(C(N)=O)CC2)ncn1. The number of anilines is 1. The lowest BCUT2D eigenvalue weighted by Crippen LogP contribution is -2.32. The molecular formula is C13H20N4O2. The van der Waals surface area contributed by atoms with Crippen molar-refractivity contribution in [1.29, 1.82) is 0 Å². The van der Waals surface area contributed by atoms with Crippen LogP contribution in [0.4, 0.5) is 5.82 Å².